The fourth-order valence-corrected chi connectivity index (χ4v) is 4.90. The van der Waals surface area contributed by atoms with Gasteiger partial charge in [0, 0.05) is 6.92 Å². The second-order valence-corrected chi connectivity index (χ2v) is 9.45. The number of aryl methyl sites for hydroxylation is 1. The van der Waals surface area contributed by atoms with E-state index in [0.29, 0.717) is 16.9 Å². The Hall–Kier alpha value is -4.22. The van der Waals surface area contributed by atoms with E-state index < -0.39 is 18.1 Å². The molecule has 3 amide bonds. The lowest BCUT2D eigenvalue weighted by Gasteiger charge is -2.32. The number of hydrogen-bond donors (Lipinski definition) is 2. The normalized spacial score (nSPS) is 18.1. The maximum atomic E-state index is 14.2. The van der Waals surface area contributed by atoms with Crippen LogP contribution in [0, 0.1) is 18.3 Å². The molecule has 3 atom stereocenters. The predicted octanol–water partition coefficient (Wildman–Crippen LogP) is 3.40. The summed E-state index contributed by atoms with van der Waals surface area (Å²) < 4.78 is 0. The Balaban J connectivity index is 1.92. The highest BCUT2D eigenvalue weighted by Crippen LogP contribution is 2.38. The smallest absolute Gasteiger partial charge is 0.252 e. The van der Waals surface area contributed by atoms with Gasteiger partial charge in [-0.3, -0.25) is 14.4 Å². The molecule has 4 rings (SSSR count). The lowest BCUT2D eigenvalue weighted by Crippen LogP contribution is -2.59. The minimum absolute atomic E-state index is 0.233. The van der Waals surface area contributed by atoms with Gasteiger partial charge in [0.05, 0.1) is 41.6 Å². The highest BCUT2D eigenvalue weighted by molar-refractivity contribution is 6.09. The molecule has 3 aromatic rings. The second-order valence-electron chi connectivity index (χ2n) is 9.45. The van der Waals surface area contributed by atoms with E-state index in [1.54, 1.807) is 44.0 Å². The van der Waals surface area contributed by atoms with E-state index in [2.05, 4.69) is 16.7 Å². The number of fused-ring (bicyclic) bond motifs is 2. The molecule has 190 valence electrons. The van der Waals surface area contributed by atoms with Gasteiger partial charge in [-0.15, -0.1) is 0 Å². The van der Waals surface area contributed by atoms with Crippen LogP contribution in [-0.4, -0.2) is 42.9 Å². The molecule has 0 spiro atoms. The molecule has 8 nitrogen and oxygen atoms in total. The molecule has 3 aromatic carbocycles. The monoisotopic (exact) mass is 497 g/mol. The van der Waals surface area contributed by atoms with Crippen molar-refractivity contribution in [2.75, 3.05) is 16.8 Å². The number of hydrogen-bond acceptors (Lipinski definition) is 5. The highest BCUT2D eigenvalue weighted by Gasteiger charge is 2.42. The molecule has 1 aliphatic heterocycles. The summed E-state index contributed by atoms with van der Waals surface area (Å²) >= 11 is 0. The molecular weight excluding hydrogens is 466 g/mol. The number of nitriles is 1. The molecule has 0 saturated heterocycles. The van der Waals surface area contributed by atoms with E-state index in [0.717, 1.165) is 21.9 Å². The van der Waals surface area contributed by atoms with Crippen LogP contribution in [0.25, 0.3) is 10.8 Å². The number of nitrogens with zero attached hydrogens (tertiary/aromatic N) is 3. The van der Waals surface area contributed by atoms with Crippen LogP contribution in [0.5, 0.6) is 0 Å². The third kappa shape index (κ3) is 4.78. The van der Waals surface area contributed by atoms with Crippen molar-refractivity contribution in [1.29, 1.82) is 5.26 Å². The molecule has 1 heterocycles. The average Bonchev–Trinajstić information content (AvgIpc) is 2.97. The van der Waals surface area contributed by atoms with Crippen molar-refractivity contribution in [2.45, 2.75) is 52.4 Å². The second kappa shape index (κ2) is 10.4. The molecule has 37 heavy (non-hydrogen) atoms. The number of nitrogens with one attached hydrogen (secondary N) is 2. The number of likely N-dealkylation sites (N-methyl/N-ethyl adjacent to an activating group) is 1. The van der Waals surface area contributed by atoms with E-state index in [1.165, 1.54) is 11.8 Å². The Labute approximate surface area is 216 Å². The average molecular weight is 498 g/mol. The maximum absolute atomic E-state index is 14.2. The van der Waals surface area contributed by atoms with Gasteiger partial charge >= 0.3 is 0 Å². The molecule has 0 fully saturated rings. The summed E-state index contributed by atoms with van der Waals surface area (Å²) in [6.07, 6.45) is 0. The van der Waals surface area contributed by atoms with Gasteiger partial charge in [-0.2, -0.15) is 5.26 Å². The first-order valence-corrected chi connectivity index (χ1v) is 12.3. The van der Waals surface area contributed by atoms with Crippen LogP contribution in [0.4, 0.5) is 11.4 Å². The number of carbonyl (C=O) groups is 3. The van der Waals surface area contributed by atoms with Gasteiger partial charge < -0.3 is 20.4 Å². The first-order valence-electron chi connectivity index (χ1n) is 12.3. The predicted molar refractivity (Wildman–Crippen MR) is 144 cm³/mol. The first kappa shape index (κ1) is 25.9. The molecule has 0 radical (unpaired) electrons. The van der Waals surface area contributed by atoms with Crippen LogP contribution in [0.2, 0.25) is 0 Å². The Morgan fingerprint density at radius 3 is 2.51 bits per heavy atom. The van der Waals surface area contributed by atoms with Crippen LogP contribution in [-0.2, 0) is 20.9 Å². The van der Waals surface area contributed by atoms with Gasteiger partial charge in [-0.05, 0) is 67.9 Å². The van der Waals surface area contributed by atoms with Crippen molar-refractivity contribution in [1.82, 2.24) is 10.6 Å². The van der Waals surface area contributed by atoms with E-state index in [4.69, 9.17) is 0 Å². The molecular formula is C29H31N5O3. The summed E-state index contributed by atoms with van der Waals surface area (Å²) in [6, 6.07) is 16.9. The maximum Gasteiger partial charge on any atom is 0.252 e. The topological polar surface area (TPSA) is 106 Å². The van der Waals surface area contributed by atoms with Gasteiger partial charge in [0.2, 0.25) is 11.8 Å². The molecule has 0 bridgehead atoms. The van der Waals surface area contributed by atoms with Crippen molar-refractivity contribution in [3.05, 3.63) is 71.3 Å². The zero-order valence-electron chi connectivity index (χ0n) is 21.7. The van der Waals surface area contributed by atoms with Crippen LogP contribution in [0.15, 0.2) is 54.6 Å². The van der Waals surface area contributed by atoms with Crippen LogP contribution in [0.3, 0.4) is 0 Å². The largest absolute Gasteiger partial charge is 0.341 e. The Morgan fingerprint density at radius 1 is 1.11 bits per heavy atom. The van der Waals surface area contributed by atoms with Crippen molar-refractivity contribution < 1.29 is 14.4 Å². The molecule has 0 aliphatic carbocycles. The fraction of sp³-hybridized carbons (Fsp3) is 0.310. The van der Waals surface area contributed by atoms with Crippen molar-refractivity contribution in [3.8, 4) is 6.07 Å². The molecule has 0 saturated carbocycles. The summed E-state index contributed by atoms with van der Waals surface area (Å²) in [7, 11) is 1.67. The van der Waals surface area contributed by atoms with E-state index >= 15 is 0 Å². The number of amides is 3. The molecule has 1 aliphatic rings. The standard InChI is InChI=1S/C29H31N5O3/c1-17-10-12-22-8-6-7-9-23(22)24(17)16-33-25-13-11-21(15-30)14-26(25)34(20(4)35)19(3)27(29(33)37)32-28(36)18(2)31-5/h6-14,18-19,27,31H,16H2,1-5H3,(H,32,36)/t18-,19-,27?/m0/s1. The lowest BCUT2D eigenvalue weighted by molar-refractivity contribution is -0.129. The Kier molecular flexibility index (Phi) is 7.28. The third-order valence-corrected chi connectivity index (χ3v) is 7.13. The summed E-state index contributed by atoms with van der Waals surface area (Å²) in [5, 5.41) is 17.4. The zero-order chi connectivity index (χ0) is 26.9. The molecule has 8 heteroatoms. The van der Waals surface area contributed by atoms with E-state index in [9.17, 15) is 19.6 Å². The zero-order valence-corrected chi connectivity index (χ0v) is 21.7. The van der Waals surface area contributed by atoms with Crippen LogP contribution in [0.1, 0.15) is 37.5 Å². The van der Waals surface area contributed by atoms with Gasteiger partial charge in [0.25, 0.3) is 5.91 Å². The highest BCUT2D eigenvalue weighted by atomic mass is 16.2. The van der Waals surface area contributed by atoms with Gasteiger partial charge in [-0.25, -0.2) is 0 Å². The van der Waals surface area contributed by atoms with Gasteiger partial charge in [-0.1, -0.05) is 36.4 Å². The molecule has 1 unspecified atom stereocenters. The van der Waals surface area contributed by atoms with E-state index in [1.807, 2.05) is 43.3 Å². The minimum atomic E-state index is -1.000. The van der Waals surface area contributed by atoms with Crippen molar-refractivity contribution >= 4 is 39.9 Å². The third-order valence-electron chi connectivity index (χ3n) is 7.13. The van der Waals surface area contributed by atoms with Crippen molar-refractivity contribution in [2.24, 2.45) is 0 Å². The van der Waals surface area contributed by atoms with Gasteiger partial charge in [0.1, 0.15) is 6.04 Å². The molecule has 0 aromatic heterocycles. The SMILES string of the molecule is CN[C@@H](C)C(=O)NC1C(=O)N(Cc2c(C)ccc3ccccc23)c2ccc(C#N)cc2N(C(C)=O)[C@H]1C. The summed E-state index contributed by atoms with van der Waals surface area (Å²) in [5.74, 6) is -0.965. The lowest BCUT2D eigenvalue weighted by atomic mass is 9.98. The van der Waals surface area contributed by atoms with Gasteiger partial charge in [0.15, 0.2) is 0 Å². The van der Waals surface area contributed by atoms with Crippen LogP contribution < -0.4 is 20.4 Å². The Bertz CT molecular complexity index is 1430. The van der Waals surface area contributed by atoms with Crippen LogP contribution >= 0.6 is 0 Å². The minimum Gasteiger partial charge on any atom is -0.341 e. The van der Waals surface area contributed by atoms with E-state index in [-0.39, 0.29) is 24.3 Å². The number of carbonyl (C=O) groups excluding carboxylic acids is 3. The number of anilines is 2. The summed E-state index contributed by atoms with van der Waals surface area (Å²) in [5.41, 5.74) is 3.34. The summed E-state index contributed by atoms with van der Waals surface area (Å²) in [6.45, 7) is 7.10. The molecule has 2 N–H and O–H groups in total. The summed E-state index contributed by atoms with van der Waals surface area (Å²) in [4.78, 5) is 43.2. The fourth-order valence-electron chi connectivity index (χ4n) is 4.90. The number of benzene rings is 3. The Morgan fingerprint density at radius 2 is 1.84 bits per heavy atom. The number of rotatable bonds is 5. The quantitative estimate of drug-likeness (QED) is 0.562. The first-order chi connectivity index (χ1) is 17.7. The van der Waals surface area contributed by atoms with Crippen molar-refractivity contribution in [3.63, 3.8) is 0 Å².